The number of hydrogen-bond acceptors (Lipinski definition) is 1. The van der Waals surface area contributed by atoms with Gasteiger partial charge in [-0.1, -0.05) is 194 Å². The molecule has 0 bridgehead atoms. The molecule has 60 heavy (non-hydrogen) atoms. The van der Waals surface area contributed by atoms with Crippen LogP contribution < -0.4 is 4.90 Å². The van der Waals surface area contributed by atoms with Crippen molar-refractivity contribution in [3.05, 3.63) is 243 Å². The summed E-state index contributed by atoms with van der Waals surface area (Å²) in [5.41, 5.74) is 16.2. The Balaban J connectivity index is 1.20. The molecule has 0 aliphatic rings. The molecule has 2 heteroatoms. The highest BCUT2D eigenvalue weighted by Crippen LogP contribution is 2.48. The summed E-state index contributed by atoms with van der Waals surface area (Å²) in [6, 6.07) is 88.0. The number of benzene rings is 10. The molecule has 0 amide bonds. The van der Waals surface area contributed by atoms with Crippen LogP contribution >= 0.6 is 0 Å². The van der Waals surface area contributed by atoms with Crippen molar-refractivity contribution in [3.63, 3.8) is 0 Å². The van der Waals surface area contributed by atoms with Gasteiger partial charge in [0.25, 0.3) is 0 Å². The fourth-order valence-corrected chi connectivity index (χ4v) is 9.05. The van der Waals surface area contributed by atoms with Crippen LogP contribution in [0.3, 0.4) is 0 Å². The number of rotatable bonds is 8. The van der Waals surface area contributed by atoms with Crippen LogP contribution in [0.25, 0.3) is 82.8 Å². The van der Waals surface area contributed by atoms with Crippen LogP contribution in [0.15, 0.2) is 243 Å². The fourth-order valence-electron chi connectivity index (χ4n) is 9.05. The van der Waals surface area contributed by atoms with Crippen LogP contribution in [0.5, 0.6) is 0 Å². The number of anilines is 3. The molecule has 0 spiro atoms. The van der Waals surface area contributed by atoms with E-state index in [0.29, 0.717) is 0 Å². The summed E-state index contributed by atoms with van der Waals surface area (Å²) in [6.45, 7) is 0. The van der Waals surface area contributed by atoms with E-state index in [1.54, 1.807) is 0 Å². The van der Waals surface area contributed by atoms with Gasteiger partial charge in [-0.2, -0.15) is 0 Å². The zero-order valence-electron chi connectivity index (χ0n) is 33.0. The third-order valence-corrected chi connectivity index (χ3v) is 11.8. The van der Waals surface area contributed by atoms with E-state index >= 15 is 0 Å². The highest BCUT2D eigenvalue weighted by Gasteiger charge is 2.25. The van der Waals surface area contributed by atoms with E-state index in [9.17, 15) is 0 Å². The quantitative estimate of drug-likeness (QED) is 0.150. The van der Waals surface area contributed by atoms with Crippen molar-refractivity contribution in [2.75, 3.05) is 4.90 Å². The van der Waals surface area contributed by atoms with Crippen molar-refractivity contribution >= 4 is 49.6 Å². The van der Waals surface area contributed by atoms with E-state index in [2.05, 4.69) is 252 Å². The maximum Gasteiger partial charge on any atom is 0.0562 e. The second-order valence-electron chi connectivity index (χ2n) is 15.3. The molecule has 11 aromatic rings. The van der Waals surface area contributed by atoms with Gasteiger partial charge < -0.3 is 9.47 Å². The summed E-state index contributed by atoms with van der Waals surface area (Å²) in [5, 5.41) is 4.86. The van der Waals surface area contributed by atoms with Crippen LogP contribution in [0.2, 0.25) is 0 Å². The van der Waals surface area contributed by atoms with Crippen LogP contribution in [0.1, 0.15) is 0 Å². The number of para-hydroxylation sites is 3. The maximum atomic E-state index is 2.48. The van der Waals surface area contributed by atoms with Crippen molar-refractivity contribution in [3.8, 4) is 50.2 Å². The lowest BCUT2D eigenvalue weighted by Gasteiger charge is -2.29. The number of nitrogens with zero attached hydrogens (tertiary/aromatic N) is 2. The number of hydrogen-bond donors (Lipinski definition) is 0. The van der Waals surface area contributed by atoms with E-state index in [1.165, 1.54) is 60.5 Å². The lowest BCUT2D eigenvalue weighted by Crippen LogP contribution is -2.12. The lowest BCUT2D eigenvalue weighted by atomic mass is 9.93. The Hall–Kier alpha value is -7.94. The molecule has 0 fully saturated rings. The molecular weight excluding hydrogens is 725 g/mol. The SMILES string of the molecule is c1ccc(-c2ccc(N(c3ccccc3-c3ccccc3)c3cccc4c3c3ccccc3n4-c3ccccc3-c3ccc4ccccc4c3)cc2-c2ccccc2)cc1. The topological polar surface area (TPSA) is 8.17 Å². The third kappa shape index (κ3) is 6.14. The summed E-state index contributed by atoms with van der Waals surface area (Å²) in [7, 11) is 0. The molecule has 2 nitrogen and oxygen atoms in total. The van der Waals surface area contributed by atoms with Gasteiger partial charge in [0.15, 0.2) is 0 Å². The van der Waals surface area contributed by atoms with Crippen LogP contribution in [0, 0.1) is 0 Å². The van der Waals surface area contributed by atoms with Crippen LogP contribution in [-0.2, 0) is 0 Å². The van der Waals surface area contributed by atoms with Gasteiger partial charge in [-0.05, 0) is 92.7 Å². The number of aromatic nitrogens is 1. The molecule has 0 saturated heterocycles. The predicted octanol–water partition coefficient (Wildman–Crippen LogP) is 16.1. The summed E-state index contributed by atoms with van der Waals surface area (Å²) in [4.78, 5) is 2.48. The summed E-state index contributed by atoms with van der Waals surface area (Å²) < 4.78 is 2.47. The molecule has 0 aliphatic heterocycles. The molecule has 0 N–H and O–H groups in total. The Bertz CT molecular complexity index is 3310. The van der Waals surface area contributed by atoms with E-state index in [4.69, 9.17) is 0 Å². The average molecular weight is 765 g/mol. The first kappa shape index (κ1) is 35.2. The Morgan fingerprint density at radius 2 is 0.867 bits per heavy atom. The minimum atomic E-state index is 1.08. The zero-order valence-corrected chi connectivity index (χ0v) is 33.0. The van der Waals surface area contributed by atoms with Crippen LogP contribution in [-0.4, -0.2) is 4.57 Å². The Labute approximate surface area is 350 Å². The molecule has 0 aliphatic carbocycles. The van der Waals surface area contributed by atoms with E-state index in [0.717, 1.165) is 39.3 Å². The number of fused-ring (bicyclic) bond motifs is 4. The molecule has 282 valence electrons. The normalized spacial score (nSPS) is 11.3. The molecule has 11 rings (SSSR count). The highest BCUT2D eigenvalue weighted by atomic mass is 15.2. The summed E-state index contributed by atoms with van der Waals surface area (Å²) in [6.07, 6.45) is 0. The summed E-state index contributed by atoms with van der Waals surface area (Å²) in [5.74, 6) is 0. The van der Waals surface area contributed by atoms with Gasteiger partial charge in [-0.15, -0.1) is 0 Å². The van der Waals surface area contributed by atoms with Gasteiger partial charge in [0.2, 0.25) is 0 Å². The fraction of sp³-hybridized carbons (Fsp3) is 0. The molecule has 1 heterocycles. The average Bonchev–Trinajstić information content (AvgIpc) is 3.67. The second kappa shape index (κ2) is 15.1. The first-order chi connectivity index (χ1) is 29.8. The van der Waals surface area contributed by atoms with E-state index < -0.39 is 0 Å². The van der Waals surface area contributed by atoms with Crippen LogP contribution in [0.4, 0.5) is 17.1 Å². The predicted molar refractivity (Wildman–Crippen MR) is 255 cm³/mol. The van der Waals surface area contributed by atoms with Crippen molar-refractivity contribution in [2.45, 2.75) is 0 Å². The second-order valence-corrected chi connectivity index (χ2v) is 15.3. The highest BCUT2D eigenvalue weighted by molar-refractivity contribution is 6.17. The minimum Gasteiger partial charge on any atom is -0.309 e. The monoisotopic (exact) mass is 764 g/mol. The third-order valence-electron chi connectivity index (χ3n) is 11.8. The molecule has 0 atom stereocenters. The first-order valence-corrected chi connectivity index (χ1v) is 20.6. The van der Waals surface area contributed by atoms with E-state index in [-0.39, 0.29) is 0 Å². The zero-order chi connectivity index (χ0) is 39.8. The Morgan fingerprint density at radius 3 is 1.63 bits per heavy atom. The molecular formula is C58H40N2. The van der Waals surface area contributed by atoms with Gasteiger partial charge in [-0.25, -0.2) is 0 Å². The standard InChI is InChI=1S/C58H40N2/c1-4-20-42(21-5-1)48-38-37-47(40-52(48)44-24-8-3-9-25-44)59(53-30-15-12-27-49(53)43-22-6-2-7-23-43)56-33-18-34-57-58(56)51-29-14-17-32-55(51)60(57)54-31-16-13-28-50(54)46-36-35-41-19-10-11-26-45(41)39-46/h1-40H. The lowest BCUT2D eigenvalue weighted by molar-refractivity contribution is 1.18. The van der Waals surface area contributed by atoms with E-state index in [1.807, 2.05) is 0 Å². The van der Waals surface area contributed by atoms with Gasteiger partial charge in [0.1, 0.15) is 0 Å². The summed E-state index contributed by atoms with van der Waals surface area (Å²) >= 11 is 0. The molecule has 1 aromatic heterocycles. The van der Waals surface area contributed by atoms with Gasteiger partial charge >= 0.3 is 0 Å². The maximum absolute atomic E-state index is 2.48. The Morgan fingerprint density at radius 1 is 0.300 bits per heavy atom. The molecule has 0 radical (unpaired) electrons. The largest absolute Gasteiger partial charge is 0.309 e. The van der Waals surface area contributed by atoms with Crippen molar-refractivity contribution < 1.29 is 0 Å². The smallest absolute Gasteiger partial charge is 0.0562 e. The Kier molecular flexibility index (Phi) is 8.87. The minimum absolute atomic E-state index is 1.08. The van der Waals surface area contributed by atoms with Crippen molar-refractivity contribution in [2.24, 2.45) is 0 Å². The first-order valence-electron chi connectivity index (χ1n) is 20.6. The molecule has 0 unspecified atom stereocenters. The molecule has 0 saturated carbocycles. The van der Waals surface area contributed by atoms with Gasteiger partial charge in [0.05, 0.1) is 28.1 Å². The van der Waals surface area contributed by atoms with Gasteiger partial charge in [0, 0.05) is 27.6 Å². The van der Waals surface area contributed by atoms with Crippen molar-refractivity contribution in [1.29, 1.82) is 0 Å². The van der Waals surface area contributed by atoms with Gasteiger partial charge in [-0.3, -0.25) is 0 Å². The van der Waals surface area contributed by atoms with Crippen molar-refractivity contribution in [1.82, 2.24) is 4.57 Å². The molecule has 10 aromatic carbocycles.